The second kappa shape index (κ2) is 11.2. The van der Waals surface area contributed by atoms with Crippen LogP contribution in [0.1, 0.15) is 17.4 Å². The van der Waals surface area contributed by atoms with Crippen molar-refractivity contribution in [2.45, 2.75) is 12.6 Å². The second-order valence-corrected chi connectivity index (χ2v) is 10.7. The molecule has 8 nitrogen and oxygen atoms in total. The number of aromatic nitrogens is 2. The number of primary amides is 1. The highest BCUT2D eigenvalue weighted by molar-refractivity contribution is 14.1. The number of nitrogens with one attached hydrogen (secondary N) is 1. The molecule has 3 amide bonds. The summed E-state index contributed by atoms with van der Waals surface area (Å²) in [5, 5.41) is 7.38. The fourth-order valence-corrected chi connectivity index (χ4v) is 5.26. The van der Waals surface area contributed by atoms with Crippen molar-refractivity contribution in [1.29, 1.82) is 0 Å². The molecule has 0 radical (unpaired) electrons. The van der Waals surface area contributed by atoms with Crippen molar-refractivity contribution in [1.82, 2.24) is 14.7 Å². The second-order valence-electron chi connectivity index (χ2n) is 8.66. The van der Waals surface area contributed by atoms with Gasteiger partial charge in [-0.1, -0.05) is 22.0 Å². The van der Waals surface area contributed by atoms with E-state index in [1.807, 2.05) is 42.6 Å². The summed E-state index contributed by atoms with van der Waals surface area (Å²) in [6.07, 6.45) is 1.78. The molecule has 5 rings (SSSR count). The van der Waals surface area contributed by atoms with Crippen molar-refractivity contribution in [3.05, 3.63) is 97.9 Å². The van der Waals surface area contributed by atoms with E-state index in [9.17, 15) is 14.0 Å². The zero-order valence-electron chi connectivity index (χ0n) is 19.9. The van der Waals surface area contributed by atoms with Gasteiger partial charge in [0.25, 0.3) is 5.91 Å². The molecule has 0 unspecified atom stereocenters. The molecular weight excluding hydrogens is 668 g/mol. The summed E-state index contributed by atoms with van der Waals surface area (Å²) in [6, 6.07) is 18.8. The summed E-state index contributed by atoms with van der Waals surface area (Å²) in [4.78, 5) is 25.8. The third-order valence-electron chi connectivity index (χ3n) is 6.12. The highest BCUT2D eigenvalue weighted by atomic mass is 127. The fourth-order valence-electron chi connectivity index (χ4n) is 4.28. The SMILES string of the molecule is NC(=O)Nc1ccc(CCN2C(=O)CO[C@@H]2c2cn(-c3ccc(Br)cc3)nc2-c2ccc(F)cc2)cc1I. The number of rotatable bonds is 7. The van der Waals surface area contributed by atoms with Gasteiger partial charge in [-0.25, -0.2) is 13.9 Å². The van der Waals surface area contributed by atoms with Gasteiger partial charge in [0, 0.05) is 31.9 Å². The van der Waals surface area contributed by atoms with Gasteiger partial charge in [-0.3, -0.25) is 4.79 Å². The van der Waals surface area contributed by atoms with Crippen molar-refractivity contribution in [3.8, 4) is 16.9 Å². The molecule has 0 spiro atoms. The average molecular weight is 690 g/mol. The number of ether oxygens (including phenoxy) is 1. The molecule has 0 saturated carbocycles. The predicted octanol–water partition coefficient (Wildman–Crippen LogP) is 5.64. The van der Waals surface area contributed by atoms with Gasteiger partial charge in [-0.15, -0.1) is 0 Å². The van der Waals surface area contributed by atoms with Crippen molar-refractivity contribution in [2.24, 2.45) is 5.73 Å². The van der Waals surface area contributed by atoms with Crippen molar-refractivity contribution in [2.75, 3.05) is 18.5 Å². The molecule has 2 heterocycles. The van der Waals surface area contributed by atoms with Crippen LogP contribution < -0.4 is 11.1 Å². The molecule has 1 aliphatic heterocycles. The molecule has 3 aromatic carbocycles. The molecule has 1 aromatic heterocycles. The third kappa shape index (κ3) is 5.74. The lowest BCUT2D eigenvalue weighted by atomic mass is 10.1. The molecule has 3 N–H and O–H groups in total. The first kappa shape index (κ1) is 26.3. The number of halogens is 3. The lowest BCUT2D eigenvalue weighted by Crippen LogP contribution is -2.30. The van der Waals surface area contributed by atoms with Crippen molar-refractivity contribution >= 4 is 56.1 Å². The first-order valence-corrected chi connectivity index (χ1v) is 13.5. The van der Waals surface area contributed by atoms with Gasteiger partial charge in [-0.05, 0) is 95.2 Å². The smallest absolute Gasteiger partial charge is 0.316 e. The van der Waals surface area contributed by atoms with E-state index in [0.717, 1.165) is 19.3 Å². The normalized spacial score (nSPS) is 15.2. The van der Waals surface area contributed by atoms with E-state index in [1.54, 1.807) is 27.8 Å². The van der Waals surface area contributed by atoms with Crippen LogP contribution in [-0.4, -0.2) is 39.8 Å². The van der Waals surface area contributed by atoms with Crippen LogP contribution in [0.5, 0.6) is 0 Å². The Morgan fingerprint density at radius 1 is 1.16 bits per heavy atom. The summed E-state index contributed by atoms with van der Waals surface area (Å²) < 4.78 is 23.2. The number of nitrogens with two attached hydrogens (primary N) is 1. The topological polar surface area (TPSA) is 102 Å². The van der Waals surface area contributed by atoms with Crippen LogP contribution >= 0.6 is 38.5 Å². The zero-order chi connectivity index (χ0) is 26.8. The Balaban J connectivity index is 1.45. The maximum absolute atomic E-state index is 13.7. The molecular formula is C27H22BrFIN5O3. The van der Waals surface area contributed by atoms with E-state index in [1.165, 1.54) is 12.1 Å². The minimum absolute atomic E-state index is 0.0456. The number of anilines is 1. The van der Waals surface area contributed by atoms with Crippen LogP contribution in [-0.2, 0) is 16.0 Å². The van der Waals surface area contributed by atoms with Crippen LogP contribution in [0.15, 0.2) is 77.4 Å². The van der Waals surface area contributed by atoms with Gasteiger partial charge < -0.3 is 20.7 Å². The number of urea groups is 1. The number of hydrogen-bond acceptors (Lipinski definition) is 4. The van der Waals surface area contributed by atoms with E-state index in [0.29, 0.717) is 35.5 Å². The number of nitrogens with zero attached hydrogens (tertiary/aromatic N) is 3. The Morgan fingerprint density at radius 3 is 2.58 bits per heavy atom. The molecule has 0 aliphatic carbocycles. The largest absolute Gasteiger partial charge is 0.351 e. The molecule has 194 valence electrons. The van der Waals surface area contributed by atoms with E-state index >= 15 is 0 Å². The number of amides is 3. The number of carbonyl (C=O) groups is 2. The summed E-state index contributed by atoms with van der Waals surface area (Å²) >= 11 is 5.58. The molecule has 4 aromatic rings. The summed E-state index contributed by atoms with van der Waals surface area (Å²) in [5.41, 5.74) is 9.71. The standard InChI is InChI=1S/C27H22BrFIN5O3/c28-18-4-8-20(9-5-18)35-14-21(25(33-35)17-2-6-19(29)7-3-17)26-34(24(36)15-38-26)12-11-16-1-10-23(22(30)13-16)32-27(31)37/h1-10,13-14,26H,11-12,15H2,(H3,31,32,37)/t26-/m1/s1. The maximum Gasteiger partial charge on any atom is 0.316 e. The fraction of sp³-hybridized carbons (Fsp3) is 0.148. The molecule has 38 heavy (non-hydrogen) atoms. The third-order valence-corrected chi connectivity index (χ3v) is 7.54. The highest BCUT2D eigenvalue weighted by Gasteiger charge is 2.36. The van der Waals surface area contributed by atoms with Gasteiger partial charge in [0.05, 0.1) is 11.4 Å². The minimum Gasteiger partial charge on any atom is -0.351 e. The molecule has 1 fully saturated rings. The minimum atomic E-state index is -0.651. The molecule has 1 saturated heterocycles. The summed E-state index contributed by atoms with van der Waals surface area (Å²) in [7, 11) is 0. The van der Waals surface area contributed by atoms with Crippen LogP contribution in [0.2, 0.25) is 0 Å². The number of hydrogen-bond donors (Lipinski definition) is 2. The van der Waals surface area contributed by atoms with Crippen molar-refractivity contribution in [3.63, 3.8) is 0 Å². The van der Waals surface area contributed by atoms with Gasteiger partial charge in [0.2, 0.25) is 0 Å². The van der Waals surface area contributed by atoms with Crippen LogP contribution in [0.3, 0.4) is 0 Å². The lowest BCUT2D eigenvalue weighted by Gasteiger charge is -2.23. The number of carbonyl (C=O) groups excluding carboxylic acids is 2. The Bertz CT molecular complexity index is 1490. The summed E-state index contributed by atoms with van der Waals surface area (Å²) in [6.45, 7) is 0.366. The van der Waals surface area contributed by atoms with Gasteiger partial charge in [-0.2, -0.15) is 5.10 Å². The molecule has 0 bridgehead atoms. The highest BCUT2D eigenvalue weighted by Crippen LogP contribution is 2.35. The van der Waals surface area contributed by atoms with Crippen LogP contribution in [0, 0.1) is 9.39 Å². The molecule has 11 heteroatoms. The summed E-state index contributed by atoms with van der Waals surface area (Å²) in [5.74, 6) is -0.471. The lowest BCUT2D eigenvalue weighted by molar-refractivity contribution is -0.128. The zero-order valence-corrected chi connectivity index (χ0v) is 23.6. The Hall–Kier alpha value is -3.29. The predicted molar refractivity (Wildman–Crippen MR) is 153 cm³/mol. The first-order valence-electron chi connectivity index (χ1n) is 11.7. The Kier molecular flexibility index (Phi) is 7.77. The quantitative estimate of drug-likeness (QED) is 0.246. The Labute approximate surface area is 240 Å². The van der Waals surface area contributed by atoms with E-state index in [-0.39, 0.29) is 18.3 Å². The average Bonchev–Trinajstić information content (AvgIpc) is 3.48. The Morgan fingerprint density at radius 2 is 1.89 bits per heavy atom. The molecule has 1 atom stereocenters. The van der Waals surface area contributed by atoms with E-state index < -0.39 is 12.3 Å². The van der Waals surface area contributed by atoms with E-state index in [4.69, 9.17) is 15.6 Å². The first-order chi connectivity index (χ1) is 18.3. The number of benzene rings is 3. The van der Waals surface area contributed by atoms with Gasteiger partial charge in [0.15, 0.2) is 6.23 Å². The van der Waals surface area contributed by atoms with Crippen LogP contribution in [0.4, 0.5) is 14.9 Å². The molecule has 1 aliphatic rings. The van der Waals surface area contributed by atoms with Crippen LogP contribution in [0.25, 0.3) is 16.9 Å². The monoisotopic (exact) mass is 689 g/mol. The van der Waals surface area contributed by atoms with Crippen molar-refractivity contribution < 1.29 is 18.7 Å². The van der Waals surface area contributed by atoms with Gasteiger partial charge in [0.1, 0.15) is 18.1 Å². The maximum atomic E-state index is 13.7. The van der Waals surface area contributed by atoms with E-state index in [2.05, 4.69) is 43.8 Å². The van der Waals surface area contributed by atoms with Gasteiger partial charge >= 0.3 is 6.03 Å².